The largest absolute Gasteiger partial charge is 0.388 e. The number of carbonyl (C=O) groups is 3. The first-order valence-corrected chi connectivity index (χ1v) is 14.3. The van der Waals surface area contributed by atoms with Crippen molar-refractivity contribution in [3.8, 4) is 0 Å². The Bertz CT molecular complexity index is 817. The lowest BCUT2D eigenvalue weighted by molar-refractivity contribution is -0.133. The summed E-state index contributed by atoms with van der Waals surface area (Å²) in [5.74, 6) is -0.776. The van der Waals surface area contributed by atoms with Gasteiger partial charge in [0.25, 0.3) is 0 Å². The van der Waals surface area contributed by atoms with Crippen molar-refractivity contribution in [2.75, 3.05) is 20.1 Å². The number of aliphatic hydroxyl groups is 1. The number of rotatable bonds is 12. The molecule has 4 amide bonds. The zero-order valence-corrected chi connectivity index (χ0v) is 25.3. The van der Waals surface area contributed by atoms with E-state index in [2.05, 4.69) is 48.5 Å². The Hall–Kier alpha value is -1.75. The van der Waals surface area contributed by atoms with E-state index >= 15 is 0 Å². The van der Waals surface area contributed by atoms with Crippen LogP contribution in [0.15, 0.2) is 0 Å². The summed E-state index contributed by atoms with van der Waals surface area (Å²) in [6.07, 6.45) is -2.32. The van der Waals surface area contributed by atoms with Crippen LogP contribution in [0.3, 0.4) is 0 Å². The van der Waals surface area contributed by atoms with Gasteiger partial charge in [-0.15, -0.1) is 0 Å². The molecule has 220 valence electrons. The average Bonchev–Trinajstić information content (AvgIpc) is 3.12. The third kappa shape index (κ3) is 7.46. The molecule has 2 aliphatic rings. The van der Waals surface area contributed by atoms with E-state index < -0.39 is 30.5 Å². The van der Waals surface area contributed by atoms with Crippen LogP contribution in [0.4, 0.5) is 4.79 Å². The van der Waals surface area contributed by atoms with E-state index in [-0.39, 0.29) is 72.6 Å². The summed E-state index contributed by atoms with van der Waals surface area (Å²) < 4.78 is 6.28. The second-order valence-corrected chi connectivity index (χ2v) is 12.7. The number of hydrogen-bond donors (Lipinski definition) is 4. The molecule has 2 saturated heterocycles. The number of ether oxygens (including phenoxy) is 1. The van der Waals surface area contributed by atoms with Gasteiger partial charge >= 0.3 is 6.03 Å². The zero-order valence-electron chi connectivity index (χ0n) is 25.3. The number of hydrogen-bond acceptors (Lipinski definition) is 7. The number of imide groups is 1. The van der Waals surface area contributed by atoms with Gasteiger partial charge in [-0.3, -0.25) is 24.7 Å². The monoisotopic (exact) mass is 539 g/mol. The van der Waals surface area contributed by atoms with Crippen molar-refractivity contribution in [3.05, 3.63) is 0 Å². The highest BCUT2D eigenvalue weighted by Gasteiger charge is 2.51. The van der Waals surface area contributed by atoms with E-state index in [4.69, 9.17) is 4.74 Å². The van der Waals surface area contributed by atoms with Crippen molar-refractivity contribution >= 4 is 17.8 Å². The molecule has 0 aromatic heterocycles. The minimum absolute atomic E-state index is 0.0244. The molecule has 0 radical (unpaired) electrons. The molecule has 2 fully saturated rings. The highest BCUT2D eigenvalue weighted by molar-refractivity contribution is 5.98. The number of carbonyl (C=O) groups excluding carboxylic acids is 3. The van der Waals surface area contributed by atoms with Gasteiger partial charge in [-0.1, -0.05) is 55.4 Å². The van der Waals surface area contributed by atoms with Crippen LogP contribution in [0.2, 0.25) is 0 Å². The summed E-state index contributed by atoms with van der Waals surface area (Å²) in [6.45, 7) is 20.8. The first kappa shape index (κ1) is 32.5. The van der Waals surface area contributed by atoms with Crippen molar-refractivity contribution in [2.24, 2.45) is 29.6 Å². The summed E-state index contributed by atoms with van der Waals surface area (Å²) in [5.41, 5.74) is 0. The van der Waals surface area contributed by atoms with Gasteiger partial charge in [0.15, 0.2) is 6.23 Å². The van der Waals surface area contributed by atoms with E-state index in [9.17, 15) is 19.5 Å². The van der Waals surface area contributed by atoms with Gasteiger partial charge in [0, 0.05) is 37.1 Å². The molecular weight excluding hydrogens is 486 g/mol. The highest BCUT2D eigenvalue weighted by atomic mass is 16.5. The summed E-state index contributed by atoms with van der Waals surface area (Å²) in [7, 11) is 2.05. The molecule has 38 heavy (non-hydrogen) atoms. The number of aliphatic hydroxyl groups excluding tert-OH is 1. The van der Waals surface area contributed by atoms with Crippen LogP contribution >= 0.6 is 0 Å². The van der Waals surface area contributed by atoms with E-state index in [1.807, 2.05) is 48.6 Å². The van der Waals surface area contributed by atoms with Crippen LogP contribution in [0.5, 0.6) is 0 Å². The van der Waals surface area contributed by atoms with Crippen molar-refractivity contribution in [1.29, 1.82) is 0 Å². The van der Waals surface area contributed by atoms with Crippen molar-refractivity contribution < 1.29 is 24.2 Å². The molecule has 10 heteroatoms. The lowest BCUT2D eigenvalue weighted by atomic mass is 9.86. The van der Waals surface area contributed by atoms with Gasteiger partial charge in [-0.05, 0) is 38.6 Å². The Morgan fingerprint density at radius 1 is 1.08 bits per heavy atom. The summed E-state index contributed by atoms with van der Waals surface area (Å²) in [5, 5.41) is 20.3. The maximum atomic E-state index is 13.6. The molecule has 2 rings (SSSR count). The predicted octanol–water partition coefficient (Wildman–Crippen LogP) is 2.02. The first-order valence-electron chi connectivity index (χ1n) is 14.3. The molecule has 0 bridgehead atoms. The number of likely N-dealkylation sites (N-methyl/N-ethyl adjacent to an activating group) is 1. The first-order chi connectivity index (χ1) is 17.6. The molecule has 0 spiro atoms. The normalized spacial score (nSPS) is 28.3. The van der Waals surface area contributed by atoms with E-state index in [0.29, 0.717) is 0 Å². The van der Waals surface area contributed by atoms with Crippen LogP contribution < -0.4 is 16.0 Å². The number of nitrogens with zero attached hydrogens (tertiary/aromatic N) is 2. The van der Waals surface area contributed by atoms with Crippen LogP contribution in [-0.2, 0) is 14.3 Å². The number of amides is 4. The molecule has 10 nitrogen and oxygen atoms in total. The summed E-state index contributed by atoms with van der Waals surface area (Å²) in [6, 6.07) is -0.639. The molecule has 2 heterocycles. The summed E-state index contributed by atoms with van der Waals surface area (Å²) >= 11 is 0. The molecule has 2 aliphatic heterocycles. The van der Waals surface area contributed by atoms with Gasteiger partial charge in [-0.25, -0.2) is 4.79 Å². The molecule has 7 unspecified atom stereocenters. The van der Waals surface area contributed by atoms with Crippen LogP contribution in [-0.4, -0.2) is 95.5 Å². The Balaban J connectivity index is 2.22. The quantitative estimate of drug-likeness (QED) is 0.299. The number of urea groups is 1. The maximum Gasteiger partial charge on any atom is 0.326 e. The molecule has 0 aliphatic carbocycles. The standard InChI is InChI=1S/C28H53N5O5/c1-14(2)19-13-33(28(37)31-25(19)35)27-24(34)21(15(3)4)20(38-27)12-29-26(36)22(30-17(7)8)23(16(5)6)32(11)18(9)10/h14-24,27,30,34H,12-13H2,1-11H3,(H,29,36)(H,31,35,37). The lowest BCUT2D eigenvalue weighted by Crippen LogP contribution is -2.61. The van der Waals surface area contributed by atoms with Crippen LogP contribution in [0, 0.1) is 29.6 Å². The minimum atomic E-state index is -0.941. The second-order valence-electron chi connectivity index (χ2n) is 12.7. The van der Waals surface area contributed by atoms with Crippen molar-refractivity contribution in [3.63, 3.8) is 0 Å². The molecule has 0 saturated carbocycles. The van der Waals surface area contributed by atoms with E-state index in [1.165, 1.54) is 4.90 Å². The summed E-state index contributed by atoms with van der Waals surface area (Å²) in [4.78, 5) is 42.3. The smallest absolute Gasteiger partial charge is 0.326 e. The average molecular weight is 540 g/mol. The Labute approximate surface area is 229 Å². The van der Waals surface area contributed by atoms with Gasteiger partial charge < -0.3 is 20.5 Å². The van der Waals surface area contributed by atoms with E-state index in [1.54, 1.807) is 0 Å². The van der Waals surface area contributed by atoms with Crippen molar-refractivity contribution in [1.82, 2.24) is 25.8 Å². The SMILES string of the molecule is CC(C)NC(C(=O)NCC1OC(N2CC(C(C)C)C(=O)NC2=O)C(O)C1C(C)C)C(C(C)C)N(C)C(C)C. The minimum Gasteiger partial charge on any atom is -0.388 e. The van der Waals surface area contributed by atoms with Crippen molar-refractivity contribution in [2.45, 2.75) is 112 Å². The number of nitrogens with one attached hydrogen (secondary N) is 3. The second kappa shape index (κ2) is 13.5. The third-order valence-corrected chi connectivity index (χ3v) is 8.12. The Morgan fingerprint density at radius 2 is 1.68 bits per heavy atom. The molecule has 0 aromatic carbocycles. The van der Waals surface area contributed by atoms with Gasteiger partial charge in [-0.2, -0.15) is 0 Å². The van der Waals surface area contributed by atoms with Crippen LogP contribution in [0.25, 0.3) is 0 Å². The maximum absolute atomic E-state index is 13.6. The topological polar surface area (TPSA) is 123 Å². The fraction of sp³-hybridized carbons (Fsp3) is 0.893. The fourth-order valence-corrected chi connectivity index (χ4v) is 5.84. The third-order valence-electron chi connectivity index (χ3n) is 8.12. The van der Waals surface area contributed by atoms with Gasteiger partial charge in [0.05, 0.1) is 12.0 Å². The fourth-order valence-electron chi connectivity index (χ4n) is 5.84. The molecule has 4 N–H and O–H groups in total. The van der Waals surface area contributed by atoms with E-state index in [0.717, 1.165) is 0 Å². The van der Waals surface area contributed by atoms with Gasteiger partial charge in [0.2, 0.25) is 11.8 Å². The molecular formula is C28H53N5O5. The van der Waals surface area contributed by atoms with Gasteiger partial charge in [0.1, 0.15) is 12.1 Å². The molecule has 0 aromatic rings. The highest BCUT2D eigenvalue weighted by Crippen LogP contribution is 2.35. The predicted molar refractivity (Wildman–Crippen MR) is 148 cm³/mol. The Morgan fingerprint density at radius 3 is 2.16 bits per heavy atom. The Kier molecular flexibility index (Phi) is 11.6. The van der Waals surface area contributed by atoms with Crippen LogP contribution in [0.1, 0.15) is 69.2 Å². The molecule has 7 atom stereocenters. The zero-order chi connectivity index (χ0) is 29.1. The lowest BCUT2D eigenvalue weighted by Gasteiger charge is -2.40.